The van der Waals surface area contributed by atoms with Crippen molar-refractivity contribution in [2.24, 2.45) is 0 Å². The summed E-state index contributed by atoms with van der Waals surface area (Å²) in [4.78, 5) is 0. The zero-order valence-corrected chi connectivity index (χ0v) is 12.4. The second-order valence-electron chi connectivity index (χ2n) is 3.95. The smallest absolute Gasteiger partial charge is 0.126 e. The Bertz CT molecular complexity index is 371. The zero-order valence-electron chi connectivity index (χ0n) is 10.8. The number of rotatable bonds is 8. The highest BCUT2D eigenvalue weighted by molar-refractivity contribution is 9.10. The number of halogens is 1. The van der Waals surface area contributed by atoms with Gasteiger partial charge in [0.15, 0.2) is 0 Å². The molecule has 0 saturated carbocycles. The Balaban J connectivity index is 2.72. The first kappa shape index (κ1) is 15.4. The molecule has 0 aliphatic carbocycles. The minimum absolute atomic E-state index is 0.0199. The van der Waals surface area contributed by atoms with Gasteiger partial charge in [0.1, 0.15) is 12.4 Å². The zero-order chi connectivity index (χ0) is 13.4. The number of benzene rings is 1. The van der Waals surface area contributed by atoms with Crippen LogP contribution in [0.15, 0.2) is 16.6 Å². The maximum Gasteiger partial charge on any atom is 0.126 e. The normalized spacial score (nSPS) is 10.7. The van der Waals surface area contributed by atoms with Gasteiger partial charge in [-0.25, -0.2) is 0 Å². The summed E-state index contributed by atoms with van der Waals surface area (Å²) in [5.41, 5.74) is 2.13. The minimum Gasteiger partial charge on any atom is -0.491 e. The van der Waals surface area contributed by atoms with Crippen molar-refractivity contribution in [3.63, 3.8) is 0 Å². The van der Waals surface area contributed by atoms with E-state index in [9.17, 15) is 0 Å². The van der Waals surface area contributed by atoms with Crippen molar-refractivity contribution in [3.8, 4) is 5.75 Å². The van der Waals surface area contributed by atoms with E-state index in [1.165, 1.54) is 0 Å². The molecule has 2 N–H and O–H groups in total. The lowest BCUT2D eigenvalue weighted by atomic mass is 10.1. The number of aliphatic hydroxyl groups excluding tert-OH is 1. The largest absolute Gasteiger partial charge is 0.491 e. The predicted octanol–water partition coefficient (Wildman–Crippen LogP) is 1.86. The van der Waals surface area contributed by atoms with Crippen LogP contribution in [0, 0.1) is 6.92 Å². The minimum atomic E-state index is 0.0199. The van der Waals surface area contributed by atoms with Gasteiger partial charge < -0.3 is 19.9 Å². The molecule has 0 fully saturated rings. The van der Waals surface area contributed by atoms with E-state index in [-0.39, 0.29) is 6.61 Å². The molecule has 0 aliphatic heterocycles. The Morgan fingerprint density at radius 2 is 2.11 bits per heavy atom. The van der Waals surface area contributed by atoms with Gasteiger partial charge in [-0.1, -0.05) is 15.9 Å². The Morgan fingerprint density at radius 1 is 1.33 bits per heavy atom. The molecule has 1 aromatic carbocycles. The van der Waals surface area contributed by atoms with E-state index in [1.807, 2.05) is 19.1 Å². The number of hydrogen-bond acceptors (Lipinski definition) is 4. The molecule has 5 heteroatoms. The van der Waals surface area contributed by atoms with Gasteiger partial charge in [0.05, 0.1) is 13.2 Å². The van der Waals surface area contributed by atoms with Gasteiger partial charge in [-0.3, -0.25) is 0 Å². The van der Waals surface area contributed by atoms with Crippen LogP contribution in [0.25, 0.3) is 0 Å². The molecular weight excluding hydrogens is 298 g/mol. The fourth-order valence-electron chi connectivity index (χ4n) is 1.68. The first-order valence-corrected chi connectivity index (χ1v) is 6.70. The fraction of sp³-hybridized carbons (Fsp3) is 0.538. The molecule has 0 atom stereocenters. The standard InChI is InChI=1S/C13H20BrNO3/c1-10-7-12(14)8-11(9-15-3-5-17-2)13(10)18-6-4-16/h7-8,15-16H,3-6,9H2,1-2H3. The van der Waals surface area contributed by atoms with E-state index in [0.717, 1.165) is 27.9 Å². The van der Waals surface area contributed by atoms with Crippen molar-refractivity contribution in [1.29, 1.82) is 0 Å². The number of aliphatic hydroxyl groups is 1. The second kappa shape index (κ2) is 8.48. The maximum atomic E-state index is 8.84. The molecule has 0 heterocycles. The summed E-state index contributed by atoms with van der Waals surface area (Å²) in [7, 11) is 1.68. The molecular formula is C13H20BrNO3. The average molecular weight is 318 g/mol. The van der Waals surface area contributed by atoms with E-state index in [2.05, 4.69) is 21.2 Å². The van der Waals surface area contributed by atoms with Crippen molar-refractivity contribution >= 4 is 15.9 Å². The quantitative estimate of drug-likeness (QED) is 0.719. The van der Waals surface area contributed by atoms with Gasteiger partial charge in [0.25, 0.3) is 0 Å². The van der Waals surface area contributed by atoms with Gasteiger partial charge in [-0.15, -0.1) is 0 Å². The number of methoxy groups -OCH3 is 1. The van der Waals surface area contributed by atoms with Crippen LogP contribution in [0.1, 0.15) is 11.1 Å². The van der Waals surface area contributed by atoms with Crippen molar-refractivity contribution in [1.82, 2.24) is 5.32 Å². The van der Waals surface area contributed by atoms with Crippen molar-refractivity contribution in [2.45, 2.75) is 13.5 Å². The van der Waals surface area contributed by atoms with Gasteiger partial charge in [-0.2, -0.15) is 0 Å². The first-order chi connectivity index (χ1) is 8.69. The predicted molar refractivity (Wildman–Crippen MR) is 75.0 cm³/mol. The lowest BCUT2D eigenvalue weighted by Gasteiger charge is -2.15. The summed E-state index contributed by atoms with van der Waals surface area (Å²) in [5.74, 6) is 0.845. The van der Waals surface area contributed by atoms with E-state index in [1.54, 1.807) is 7.11 Å². The lowest BCUT2D eigenvalue weighted by Crippen LogP contribution is -2.19. The Morgan fingerprint density at radius 3 is 2.78 bits per heavy atom. The summed E-state index contributed by atoms with van der Waals surface area (Å²) < 4.78 is 11.6. The molecule has 102 valence electrons. The molecule has 0 spiro atoms. The molecule has 0 amide bonds. The fourth-order valence-corrected chi connectivity index (χ4v) is 2.30. The molecule has 1 aromatic rings. The maximum absolute atomic E-state index is 8.84. The number of hydrogen-bond donors (Lipinski definition) is 2. The van der Waals surface area contributed by atoms with Gasteiger partial charge >= 0.3 is 0 Å². The summed E-state index contributed by atoms with van der Waals surface area (Å²) in [6.45, 7) is 4.52. The van der Waals surface area contributed by atoms with Crippen LogP contribution in [0.5, 0.6) is 5.75 Å². The summed E-state index contributed by atoms with van der Waals surface area (Å²) in [6.07, 6.45) is 0. The third-order valence-electron chi connectivity index (χ3n) is 2.45. The van der Waals surface area contributed by atoms with Crippen LogP contribution in [-0.2, 0) is 11.3 Å². The third-order valence-corrected chi connectivity index (χ3v) is 2.91. The SMILES string of the molecule is COCCNCc1cc(Br)cc(C)c1OCCO. The second-order valence-corrected chi connectivity index (χ2v) is 4.87. The highest BCUT2D eigenvalue weighted by Crippen LogP contribution is 2.28. The Kier molecular flexibility index (Phi) is 7.27. The van der Waals surface area contributed by atoms with Gasteiger partial charge in [0, 0.05) is 30.2 Å². The van der Waals surface area contributed by atoms with Crippen molar-refractivity contribution in [3.05, 3.63) is 27.7 Å². The van der Waals surface area contributed by atoms with Gasteiger partial charge in [-0.05, 0) is 24.6 Å². The van der Waals surface area contributed by atoms with Crippen LogP contribution >= 0.6 is 15.9 Å². The van der Waals surface area contributed by atoms with E-state index < -0.39 is 0 Å². The molecule has 0 aliphatic rings. The summed E-state index contributed by atoms with van der Waals surface area (Å²) in [6, 6.07) is 4.03. The molecule has 1 rings (SSSR count). The molecule has 0 unspecified atom stereocenters. The van der Waals surface area contributed by atoms with Crippen molar-refractivity contribution in [2.75, 3.05) is 33.5 Å². The number of nitrogens with one attached hydrogen (secondary N) is 1. The summed E-state index contributed by atoms with van der Waals surface area (Å²) in [5, 5.41) is 12.1. The highest BCUT2D eigenvalue weighted by atomic mass is 79.9. The van der Waals surface area contributed by atoms with Crippen LogP contribution in [-0.4, -0.2) is 38.6 Å². The summed E-state index contributed by atoms with van der Waals surface area (Å²) >= 11 is 3.48. The number of ether oxygens (including phenoxy) is 2. The average Bonchev–Trinajstić information content (AvgIpc) is 2.33. The van der Waals surface area contributed by atoms with E-state index in [4.69, 9.17) is 14.6 Å². The molecule has 18 heavy (non-hydrogen) atoms. The topological polar surface area (TPSA) is 50.7 Å². The molecule has 0 bridgehead atoms. The molecule has 0 saturated heterocycles. The van der Waals surface area contributed by atoms with Crippen LogP contribution in [0.4, 0.5) is 0 Å². The lowest BCUT2D eigenvalue weighted by molar-refractivity contribution is 0.196. The highest BCUT2D eigenvalue weighted by Gasteiger charge is 2.08. The molecule has 0 radical (unpaired) electrons. The number of aryl methyl sites for hydroxylation is 1. The van der Waals surface area contributed by atoms with Crippen molar-refractivity contribution < 1.29 is 14.6 Å². The molecule has 0 aromatic heterocycles. The third kappa shape index (κ3) is 4.94. The van der Waals surface area contributed by atoms with Crippen LogP contribution in [0.2, 0.25) is 0 Å². The Hall–Kier alpha value is -0.620. The van der Waals surface area contributed by atoms with Crippen LogP contribution < -0.4 is 10.1 Å². The first-order valence-electron chi connectivity index (χ1n) is 5.91. The van der Waals surface area contributed by atoms with E-state index >= 15 is 0 Å². The van der Waals surface area contributed by atoms with E-state index in [0.29, 0.717) is 19.8 Å². The molecule has 4 nitrogen and oxygen atoms in total. The monoisotopic (exact) mass is 317 g/mol. The van der Waals surface area contributed by atoms with Crippen LogP contribution in [0.3, 0.4) is 0 Å². The van der Waals surface area contributed by atoms with Gasteiger partial charge in [0.2, 0.25) is 0 Å². The Labute approximate surface area is 116 Å².